The van der Waals surface area contributed by atoms with E-state index < -0.39 is 18.5 Å². The van der Waals surface area contributed by atoms with Crippen LogP contribution in [-0.2, 0) is 13.1 Å². The lowest BCUT2D eigenvalue weighted by Crippen LogP contribution is -2.34. The van der Waals surface area contributed by atoms with Crippen LogP contribution in [-0.4, -0.2) is 12.6 Å². The van der Waals surface area contributed by atoms with E-state index in [-0.39, 0.29) is 30.0 Å². The van der Waals surface area contributed by atoms with Crippen molar-refractivity contribution in [2.75, 3.05) is 0 Å². The smallest absolute Gasteiger partial charge is 0.387 e. The first-order valence-corrected chi connectivity index (χ1v) is 7.22. The summed E-state index contributed by atoms with van der Waals surface area (Å²) in [5, 5.41) is 13.7. The number of nitrogens with zero attached hydrogens (tertiary/aromatic N) is 1. The van der Waals surface area contributed by atoms with Gasteiger partial charge in [-0.1, -0.05) is 18.2 Å². The van der Waals surface area contributed by atoms with E-state index >= 15 is 0 Å². The molecule has 0 heterocycles. The summed E-state index contributed by atoms with van der Waals surface area (Å²) < 4.78 is 42.0. The van der Waals surface area contributed by atoms with Gasteiger partial charge in [-0.3, -0.25) is 0 Å². The second-order valence-corrected chi connectivity index (χ2v) is 4.98. The van der Waals surface area contributed by atoms with E-state index in [1.54, 1.807) is 0 Å². The van der Waals surface area contributed by atoms with Gasteiger partial charge in [0.25, 0.3) is 0 Å². The number of alkyl halides is 2. The van der Waals surface area contributed by atoms with Crippen molar-refractivity contribution < 1.29 is 22.7 Å². The molecule has 0 bridgehead atoms. The molecule has 8 heteroatoms. The Bertz CT molecular complexity index is 774. The molecule has 2 amide bonds. The van der Waals surface area contributed by atoms with Gasteiger partial charge in [-0.2, -0.15) is 14.0 Å². The van der Waals surface area contributed by atoms with Gasteiger partial charge in [-0.25, -0.2) is 9.18 Å². The quantitative estimate of drug-likeness (QED) is 0.840. The third kappa shape index (κ3) is 5.73. The Morgan fingerprint density at radius 3 is 2.40 bits per heavy atom. The minimum atomic E-state index is -2.89. The molecule has 0 unspecified atom stereocenters. The van der Waals surface area contributed by atoms with E-state index in [0.717, 1.165) is 6.07 Å². The maximum atomic E-state index is 13.7. The number of nitrogens with one attached hydrogen (secondary N) is 2. The van der Waals surface area contributed by atoms with Gasteiger partial charge in [0.05, 0.1) is 11.6 Å². The maximum Gasteiger partial charge on any atom is 0.387 e. The molecule has 0 saturated heterocycles. The fraction of sp³-hybridized carbons (Fsp3) is 0.176. The van der Waals surface area contributed by atoms with Crippen LogP contribution in [0.1, 0.15) is 16.7 Å². The van der Waals surface area contributed by atoms with Crippen LogP contribution < -0.4 is 15.4 Å². The predicted molar refractivity (Wildman–Crippen MR) is 83.3 cm³/mol. The molecule has 0 atom stereocenters. The zero-order valence-electron chi connectivity index (χ0n) is 12.9. The summed E-state index contributed by atoms with van der Waals surface area (Å²) in [5.41, 5.74) is 1.13. The standard InChI is InChI=1S/C17H14F3N3O2/c18-15-7-12(8-21)1-4-13(15)10-23-17(24)22-9-11-2-5-14(6-3-11)25-16(19)20/h1-7,16H,9-10H2,(H2,22,23,24). The van der Waals surface area contributed by atoms with Gasteiger partial charge in [0, 0.05) is 18.7 Å². The summed E-state index contributed by atoms with van der Waals surface area (Å²) in [4.78, 5) is 11.7. The van der Waals surface area contributed by atoms with Crippen molar-refractivity contribution in [2.45, 2.75) is 19.7 Å². The Balaban J connectivity index is 1.80. The van der Waals surface area contributed by atoms with Crippen molar-refractivity contribution in [1.82, 2.24) is 10.6 Å². The number of carbonyl (C=O) groups excluding carboxylic acids is 1. The number of halogens is 3. The molecule has 0 aliphatic heterocycles. The molecule has 25 heavy (non-hydrogen) atoms. The van der Waals surface area contributed by atoms with Crippen LogP contribution in [0.5, 0.6) is 5.75 Å². The predicted octanol–water partition coefficient (Wildman–Crippen LogP) is 3.30. The van der Waals surface area contributed by atoms with Crippen LogP contribution in [0.25, 0.3) is 0 Å². The maximum absolute atomic E-state index is 13.7. The number of benzene rings is 2. The van der Waals surface area contributed by atoms with Gasteiger partial charge >= 0.3 is 12.6 Å². The molecule has 0 aromatic heterocycles. The number of rotatable bonds is 6. The lowest BCUT2D eigenvalue weighted by atomic mass is 10.1. The summed E-state index contributed by atoms with van der Waals surface area (Å²) in [5.74, 6) is -0.548. The molecule has 130 valence electrons. The van der Waals surface area contributed by atoms with Crippen LogP contribution in [0.4, 0.5) is 18.0 Å². The van der Waals surface area contributed by atoms with E-state index in [1.165, 1.54) is 36.4 Å². The molecule has 0 aliphatic rings. The van der Waals surface area contributed by atoms with E-state index in [2.05, 4.69) is 15.4 Å². The first-order valence-electron chi connectivity index (χ1n) is 7.22. The molecule has 0 radical (unpaired) electrons. The number of amides is 2. The van der Waals surface area contributed by atoms with Crippen LogP contribution in [0.3, 0.4) is 0 Å². The summed E-state index contributed by atoms with van der Waals surface area (Å²) in [6.45, 7) is -2.77. The van der Waals surface area contributed by atoms with E-state index in [9.17, 15) is 18.0 Å². The number of urea groups is 1. The number of hydrogen-bond acceptors (Lipinski definition) is 3. The third-order valence-electron chi connectivity index (χ3n) is 3.22. The van der Waals surface area contributed by atoms with Crippen LogP contribution >= 0.6 is 0 Å². The zero-order chi connectivity index (χ0) is 18.2. The van der Waals surface area contributed by atoms with Crippen molar-refractivity contribution in [3.05, 3.63) is 65.0 Å². The molecule has 2 aromatic rings. The molecule has 0 saturated carbocycles. The summed E-state index contributed by atoms with van der Waals surface area (Å²) >= 11 is 0. The highest BCUT2D eigenvalue weighted by molar-refractivity contribution is 5.73. The molecule has 2 aromatic carbocycles. The lowest BCUT2D eigenvalue weighted by Gasteiger charge is -2.09. The highest BCUT2D eigenvalue weighted by atomic mass is 19.3. The van der Waals surface area contributed by atoms with Gasteiger partial charge in [0.15, 0.2) is 0 Å². The summed E-state index contributed by atoms with van der Waals surface area (Å²) in [6, 6.07) is 11.1. The number of hydrogen-bond donors (Lipinski definition) is 2. The minimum absolute atomic E-state index is 0.0273. The molecule has 2 N–H and O–H groups in total. The molecule has 0 fully saturated rings. The lowest BCUT2D eigenvalue weighted by molar-refractivity contribution is -0.0498. The van der Waals surface area contributed by atoms with Gasteiger partial charge < -0.3 is 15.4 Å². The topological polar surface area (TPSA) is 74.2 Å². The number of nitriles is 1. The van der Waals surface area contributed by atoms with E-state index in [1.807, 2.05) is 6.07 Å². The molecule has 0 aliphatic carbocycles. The minimum Gasteiger partial charge on any atom is -0.435 e. The summed E-state index contributed by atoms with van der Waals surface area (Å²) in [6.07, 6.45) is 0. The Kier molecular flexibility index (Phi) is 6.23. The first-order chi connectivity index (χ1) is 12.0. The van der Waals surface area contributed by atoms with Crippen molar-refractivity contribution in [1.29, 1.82) is 5.26 Å². The molecular formula is C17H14F3N3O2. The molecule has 2 rings (SSSR count). The zero-order valence-corrected chi connectivity index (χ0v) is 12.9. The summed E-state index contributed by atoms with van der Waals surface area (Å²) in [7, 11) is 0. The normalized spacial score (nSPS) is 10.2. The van der Waals surface area contributed by atoms with Crippen molar-refractivity contribution >= 4 is 6.03 Å². The largest absolute Gasteiger partial charge is 0.435 e. The Labute approximate surface area is 142 Å². The molecule has 0 spiro atoms. The van der Waals surface area contributed by atoms with E-state index in [4.69, 9.17) is 5.26 Å². The Hall–Kier alpha value is -3.21. The fourth-order valence-electron chi connectivity index (χ4n) is 1.97. The molecular weight excluding hydrogens is 335 g/mol. The van der Waals surface area contributed by atoms with Crippen LogP contribution in [0, 0.1) is 17.1 Å². The Morgan fingerprint density at radius 2 is 1.80 bits per heavy atom. The van der Waals surface area contributed by atoms with E-state index in [0.29, 0.717) is 5.56 Å². The highest BCUT2D eigenvalue weighted by Gasteiger charge is 2.07. The molecule has 5 nitrogen and oxygen atoms in total. The second kappa shape index (κ2) is 8.59. The van der Waals surface area contributed by atoms with Gasteiger partial charge in [-0.15, -0.1) is 0 Å². The van der Waals surface area contributed by atoms with Crippen molar-refractivity contribution in [3.63, 3.8) is 0 Å². The average molecular weight is 349 g/mol. The average Bonchev–Trinajstić information content (AvgIpc) is 2.59. The monoisotopic (exact) mass is 349 g/mol. The van der Waals surface area contributed by atoms with Crippen molar-refractivity contribution in [3.8, 4) is 11.8 Å². The fourth-order valence-corrected chi connectivity index (χ4v) is 1.97. The number of ether oxygens (including phenoxy) is 1. The SMILES string of the molecule is N#Cc1ccc(CNC(=O)NCc2ccc(OC(F)F)cc2)c(F)c1. The van der Waals surface area contributed by atoms with Crippen LogP contribution in [0.15, 0.2) is 42.5 Å². The first kappa shape index (κ1) is 18.1. The number of carbonyl (C=O) groups is 1. The van der Waals surface area contributed by atoms with Gasteiger partial charge in [0.1, 0.15) is 11.6 Å². The van der Waals surface area contributed by atoms with Gasteiger partial charge in [0.2, 0.25) is 0 Å². The van der Waals surface area contributed by atoms with Gasteiger partial charge in [-0.05, 0) is 29.8 Å². The van der Waals surface area contributed by atoms with Crippen molar-refractivity contribution in [2.24, 2.45) is 0 Å². The Morgan fingerprint density at radius 1 is 1.12 bits per heavy atom. The van der Waals surface area contributed by atoms with Crippen LogP contribution in [0.2, 0.25) is 0 Å². The second-order valence-electron chi connectivity index (χ2n) is 4.98. The third-order valence-corrected chi connectivity index (χ3v) is 3.22. The highest BCUT2D eigenvalue weighted by Crippen LogP contribution is 2.14.